The summed E-state index contributed by atoms with van der Waals surface area (Å²) in [6.07, 6.45) is -2.69. The maximum atomic E-state index is 11.7. The lowest BCUT2D eigenvalue weighted by Crippen LogP contribution is -2.37. The van der Waals surface area contributed by atoms with Crippen LogP contribution in [0.1, 0.15) is 0 Å². The number of aliphatic hydroxyl groups is 1. The van der Waals surface area contributed by atoms with Gasteiger partial charge in [-0.15, -0.1) is 0 Å². The summed E-state index contributed by atoms with van der Waals surface area (Å²) in [4.78, 5) is 3.73. The highest BCUT2D eigenvalue weighted by Gasteiger charge is 2.42. The number of aliphatic hydroxyl groups excluding tert-OH is 1. The van der Waals surface area contributed by atoms with Crippen molar-refractivity contribution in [2.45, 2.75) is 24.3 Å². The van der Waals surface area contributed by atoms with E-state index in [9.17, 15) is 9.67 Å². The molecule has 1 heterocycles. The molecule has 1 aliphatic heterocycles. The fourth-order valence-corrected chi connectivity index (χ4v) is 2.49. The molecular formula is C10H21BN3O7P. The first-order valence-electron chi connectivity index (χ1n) is 6.45. The second-order valence-electron chi connectivity index (χ2n) is 4.38. The van der Waals surface area contributed by atoms with E-state index >= 15 is 0 Å². The molecule has 1 aliphatic rings. The van der Waals surface area contributed by atoms with Crippen molar-refractivity contribution in [2.24, 2.45) is 16.5 Å². The molecular weight excluding hydrogens is 316 g/mol. The van der Waals surface area contributed by atoms with Gasteiger partial charge in [0.1, 0.15) is 26.2 Å². The molecule has 4 unspecified atom stereocenters. The summed E-state index contributed by atoms with van der Waals surface area (Å²) < 4.78 is 36.7. The number of aliphatic imine (C=N–C) groups is 1. The summed E-state index contributed by atoms with van der Waals surface area (Å²) in [7, 11) is 4.43. The highest BCUT2D eigenvalue weighted by Crippen LogP contribution is 2.48. The van der Waals surface area contributed by atoms with Crippen LogP contribution in [0.4, 0.5) is 0 Å². The van der Waals surface area contributed by atoms with Crippen LogP contribution in [0.15, 0.2) is 4.99 Å². The Morgan fingerprint density at radius 3 is 2.59 bits per heavy atom. The lowest BCUT2D eigenvalue weighted by molar-refractivity contribution is -0.0269. The number of rotatable bonds is 9. The second-order valence-corrected chi connectivity index (χ2v) is 6.26. The summed E-state index contributed by atoms with van der Waals surface area (Å²) in [5.41, 5.74) is 10.4. The fourth-order valence-electron chi connectivity index (χ4n) is 1.81. The van der Waals surface area contributed by atoms with E-state index in [1.807, 2.05) is 0 Å². The smallest absolute Gasteiger partial charge is 0.388 e. The summed E-state index contributed by atoms with van der Waals surface area (Å²) >= 11 is 0. The summed E-state index contributed by atoms with van der Waals surface area (Å²) in [6, 6.07) is -0.868. The first-order chi connectivity index (χ1) is 10.3. The molecule has 1 rings (SSSR count). The van der Waals surface area contributed by atoms with Crippen LogP contribution in [0, 0.1) is 0 Å². The minimum Gasteiger partial charge on any atom is -0.388 e. The van der Waals surface area contributed by atoms with Crippen LogP contribution in [-0.4, -0.2) is 77.2 Å². The quantitative estimate of drug-likeness (QED) is 0.147. The Labute approximate surface area is 130 Å². The lowest BCUT2D eigenvalue weighted by atomic mass is 9.93. The van der Waals surface area contributed by atoms with E-state index in [-0.39, 0.29) is 25.7 Å². The zero-order valence-electron chi connectivity index (χ0n) is 12.5. The Balaban J connectivity index is 2.46. The average molecular weight is 337 g/mol. The van der Waals surface area contributed by atoms with Crippen LogP contribution in [0.3, 0.4) is 0 Å². The molecule has 0 saturated carbocycles. The van der Waals surface area contributed by atoms with E-state index in [4.69, 9.17) is 33.3 Å². The van der Waals surface area contributed by atoms with E-state index in [0.29, 0.717) is 0 Å². The third kappa shape index (κ3) is 5.51. The molecule has 0 aromatic rings. The van der Waals surface area contributed by atoms with E-state index in [0.717, 1.165) is 0 Å². The number of phosphoric ester groups is 1. The lowest BCUT2D eigenvalue weighted by Gasteiger charge is -2.20. The second kappa shape index (κ2) is 8.83. The number of hydrogen-bond acceptors (Lipinski definition) is 8. The average Bonchev–Trinajstić information content (AvgIpc) is 2.76. The van der Waals surface area contributed by atoms with Gasteiger partial charge in [0.2, 0.25) is 0 Å². The van der Waals surface area contributed by atoms with Gasteiger partial charge >= 0.3 is 7.82 Å². The molecule has 0 bridgehead atoms. The Morgan fingerprint density at radius 1 is 1.41 bits per heavy atom. The minimum atomic E-state index is -3.66. The van der Waals surface area contributed by atoms with Gasteiger partial charge in [0.25, 0.3) is 0 Å². The summed E-state index contributed by atoms with van der Waals surface area (Å²) in [5, 5.41) is 10.1. The third-order valence-corrected chi connectivity index (χ3v) is 4.27. The van der Waals surface area contributed by atoms with Gasteiger partial charge in [-0.25, -0.2) is 4.57 Å². The van der Waals surface area contributed by atoms with Gasteiger partial charge in [-0.05, 0) is 0 Å². The molecule has 12 heteroatoms. The molecule has 0 aromatic heterocycles. The van der Waals surface area contributed by atoms with Gasteiger partial charge in [-0.1, -0.05) is 0 Å². The van der Waals surface area contributed by atoms with Crippen molar-refractivity contribution in [2.75, 3.05) is 34.0 Å². The van der Waals surface area contributed by atoms with Crippen molar-refractivity contribution < 1.29 is 32.7 Å². The zero-order chi connectivity index (χ0) is 16.8. The van der Waals surface area contributed by atoms with Crippen molar-refractivity contribution >= 4 is 21.6 Å². The molecule has 1 saturated heterocycles. The van der Waals surface area contributed by atoms with Crippen molar-refractivity contribution in [1.29, 1.82) is 0 Å². The topological polar surface area (TPSA) is 148 Å². The highest BCUT2D eigenvalue weighted by atomic mass is 31.2. The highest BCUT2D eigenvalue weighted by molar-refractivity contribution is 7.48. The Hall–Kier alpha value is -0.675. The minimum absolute atomic E-state index is 0.0581. The summed E-state index contributed by atoms with van der Waals surface area (Å²) in [6.45, 7) is 0.141. The molecule has 2 radical (unpaired) electrons. The number of nitrogens with two attached hydrogens (primary N) is 2. The molecule has 0 spiro atoms. The maximum absolute atomic E-state index is 11.7. The van der Waals surface area contributed by atoms with Gasteiger partial charge in [0.15, 0.2) is 5.96 Å². The number of hydrogen-bond donors (Lipinski definition) is 3. The monoisotopic (exact) mass is 337 g/mol. The molecule has 0 aliphatic carbocycles. The normalized spacial score (nSPS) is 28.7. The van der Waals surface area contributed by atoms with Crippen molar-refractivity contribution in [3.8, 4) is 0 Å². The molecule has 5 N–H and O–H groups in total. The largest absolute Gasteiger partial charge is 0.474 e. The van der Waals surface area contributed by atoms with Crippen molar-refractivity contribution in [3.63, 3.8) is 0 Å². The number of ether oxygens (including phenoxy) is 2. The van der Waals surface area contributed by atoms with Gasteiger partial charge in [0, 0.05) is 20.2 Å². The van der Waals surface area contributed by atoms with Gasteiger partial charge in [-0.3, -0.25) is 18.6 Å². The number of guanidine groups is 1. The van der Waals surface area contributed by atoms with Gasteiger partial charge < -0.3 is 26.0 Å². The predicted octanol–water partition coefficient (Wildman–Crippen LogP) is -1.68. The Bertz CT molecular complexity index is 415. The SMILES string of the molecule is [B]C1OC(COP(=O)(OC)OC)C(O)C1OCCN=C(N)N. The van der Waals surface area contributed by atoms with Crippen LogP contribution in [0.2, 0.25) is 0 Å². The zero-order valence-corrected chi connectivity index (χ0v) is 13.3. The molecule has 0 amide bonds. The van der Waals surface area contributed by atoms with Crippen LogP contribution >= 0.6 is 7.82 Å². The van der Waals surface area contributed by atoms with Gasteiger partial charge in [0.05, 0.1) is 19.8 Å². The number of phosphoric acid groups is 1. The first-order valence-corrected chi connectivity index (χ1v) is 7.91. The fraction of sp³-hybridized carbons (Fsp3) is 0.900. The third-order valence-electron chi connectivity index (χ3n) is 2.91. The van der Waals surface area contributed by atoms with Crippen LogP contribution < -0.4 is 11.5 Å². The van der Waals surface area contributed by atoms with E-state index in [1.54, 1.807) is 0 Å². The first kappa shape index (κ1) is 19.4. The molecule has 22 heavy (non-hydrogen) atoms. The predicted molar refractivity (Wildman–Crippen MR) is 78.4 cm³/mol. The van der Waals surface area contributed by atoms with E-state index in [2.05, 4.69) is 14.0 Å². The molecule has 0 aromatic carbocycles. The van der Waals surface area contributed by atoms with E-state index < -0.39 is 32.1 Å². The molecule has 10 nitrogen and oxygen atoms in total. The van der Waals surface area contributed by atoms with Crippen molar-refractivity contribution in [3.05, 3.63) is 0 Å². The Morgan fingerprint density at radius 2 is 2.05 bits per heavy atom. The standard InChI is InChI=1S/C10H21BN3O7P/c1-17-22(16,18-2)20-5-6-7(15)8(9(11)21-6)19-4-3-14-10(12)13/h6-9,15H,3-5H2,1-2H3,(H4,12,13,14). The van der Waals surface area contributed by atoms with Crippen molar-refractivity contribution in [1.82, 2.24) is 0 Å². The van der Waals surface area contributed by atoms with Crippen LogP contribution in [0.25, 0.3) is 0 Å². The van der Waals surface area contributed by atoms with Gasteiger partial charge in [-0.2, -0.15) is 0 Å². The molecule has 1 fully saturated rings. The maximum Gasteiger partial charge on any atom is 0.474 e. The van der Waals surface area contributed by atoms with Crippen LogP contribution in [0.5, 0.6) is 0 Å². The van der Waals surface area contributed by atoms with E-state index in [1.165, 1.54) is 14.2 Å². The molecule has 126 valence electrons. The van der Waals surface area contributed by atoms with Crippen LogP contribution in [-0.2, 0) is 27.6 Å². The Kier molecular flexibility index (Phi) is 7.77. The number of nitrogens with zero attached hydrogens (tertiary/aromatic N) is 1. The summed E-state index contributed by atoms with van der Waals surface area (Å²) in [5.74, 6) is -0.0581. The molecule has 4 atom stereocenters.